The van der Waals surface area contributed by atoms with Gasteiger partial charge >= 0.3 is 0 Å². The number of carbonyl (C=O) groups is 1. The molecule has 1 saturated heterocycles. The summed E-state index contributed by atoms with van der Waals surface area (Å²) in [7, 11) is 0. The van der Waals surface area contributed by atoms with E-state index in [1.807, 2.05) is 29.2 Å². The molecule has 0 saturated carbocycles. The van der Waals surface area contributed by atoms with E-state index < -0.39 is 0 Å². The fourth-order valence-corrected chi connectivity index (χ4v) is 4.66. The van der Waals surface area contributed by atoms with Gasteiger partial charge in [-0.15, -0.1) is 0 Å². The first-order valence-corrected chi connectivity index (χ1v) is 11.2. The molecule has 5 nitrogen and oxygen atoms in total. The van der Waals surface area contributed by atoms with Crippen LogP contribution in [0.4, 0.5) is 0 Å². The Balaban J connectivity index is 1.68. The number of fused-ring (bicyclic) bond motifs is 1. The fourth-order valence-electron chi connectivity index (χ4n) is 4.66. The monoisotopic (exact) mass is 408 g/mol. The number of nitrogens with zero attached hydrogens (tertiary/aromatic N) is 2. The van der Waals surface area contributed by atoms with E-state index in [1.165, 1.54) is 5.56 Å². The van der Waals surface area contributed by atoms with Crippen LogP contribution in [-0.4, -0.2) is 48.6 Å². The molecule has 30 heavy (non-hydrogen) atoms. The highest BCUT2D eigenvalue weighted by Crippen LogP contribution is 2.42. The first-order valence-electron chi connectivity index (χ1n) is 11.2. The van der Waals surface area contributed by atoms with E-state index in [0.717, 1.165) is 56.0 Å². The zero-order chi connectivity index (χ0) is 20.9. The Labute approximate surface area is 179 Å². The van der Waals surface area contributed by atoms with Crippen molar-refractivity contribution in [1.82, 2.24) is 9.80 Å². The molecule has 2 aliphatic rings. The zero-order valence-corrected chi connectivity index (χ0v) is 18.0. The Morgan fingerprint density at radius 1 is 1.03 bits per heavy atom. The number of carbonyl (C=O) groups excluding carboxylic acids is 1. The number of hydrogen-bond donors (Lipinski definition) is 0. The second-order valence-corrected chi connectivity index (χ2v) is 7.98. The minimum Gasteiger partial charge on any atom is -0.490 e. The number of benzene rings is 2. The van der Waals surface area contributed by atoms with Gasteiger partial charge in [-0.05, 0) is 56.5 Å². The van der Waals surface area contributed by atoms with Gasteiger partial charge in [0.1, 0.15) is 6.04 Å². The maximum absolute atomic E-state index is 13.6. The Morgan fingerprint density at radius 2 is 1.77 bits per heavy atom. The quantitative estimate of drug-likeness (QED) is 0.701. The van der Waals surface area contributed by atoms with E-state index in [-0.39, 0.29) is 18.0 Å². The minimum atomic E-state index is -0.269. The lowest BCUT2D eigenvalue weighted by Crippen LogP contribution is -2.42. The van der Waals surface area contributed by atoms with Crippen LogP contribution < -0.4 is 9.47 Å². The predicted octanol–water partition coefficient (Wildman–Crippen LogP) is 4.59. The Morgan fingerprint density at radius 3 is 2.50 bits per heavy atom. The van der Waals surface area contributed by atoms with Gasteiger partial charge in [-0.1, -0.05) is 36.4 Å². The van der Waals surface area contributed by atoms with E-state index >= 15 is 0 Å². The molecule has 2 aromatic rings. The van der Waals surface area contributed by atoms with Crippen LogP contribution in [0.5, 0.6) is 11.5 Å². The van der Waals surface area contributed by atoms with E-state index in [4.69, 9.17) is 9.47 Å². The molecular weight excluding hydrogens is 376 g/mol. The molecule has 2 unspecified atom stereocenters. The third-order valence-corrected chi connectivity index (χ3v) is 6.21. The number of likely N-dealkylation sites (tertiary alicyclic amines) is 1. The molecule has 0 bridgehead atoms. The van der Waals surface area contributed by atoms with Crippen molar-refractivity contribution in [2.45, 2.75) is 45.2 Å². The summed E-state index contributed by atoms with van der Waals surface area (Å²) in [6, 6.07) is 16.4. The third kappa shape index (κ3) is 4.17. The first-order chi connectivity index (χ1) is 14.7. The lowest BCUT2D eigenvalue weighted by Gasteiger charge is -2.36. The highest BCUT2D eigenvalue weighted by Gasteiger charge is 2.38. The average molecular weight is 409 g/mol. The van der Waals surface area contributed by atoms with Crippen molar-refractivity contribution in [2.75, 3.05) is 32.8 Å². The van der Waals surface area contributed by atoms with Gasteiger partial charge in [-0.2, -0.15) is 0 Å². The Hall–Kier alpha value is -2.53. The van der Waals surface area contributed by atoms with Crippen LogP contribution >= 0.6 is 0 Å². The Bertz CT molecular complexity index is 851. The maximum Gasteiger partial charge on any atom is 0.244 e. The molecule has 0 radical (unpaired) electrons. The molecule has 160 valence electrons. The van der Waals surface area contributed by atoms with Crippen LogP contribution in [0.3, 0.4) is 0 Å². The number of ether oxygens (including phenoxy) is 2. The van der Waals surface area contributed by atoms with Gasteiger partial charge in [-0.25, -0.2) is 0 Å². The van der Waals surface area contributed by atoms with Crippen LogP contribution in [0.15, 0.2) is 48.5 Å². The fraction of sp³-hybridized carbons (Fsp3) is 0.480. The van der Waals surface area contributed by atoms with E-state index in [0.29, 0.717) is 13.2 Å². The second kappa shape index (κ2) is 9.52. The van der Waals surface area contributed by atoms with E-state index in [1.54, 1.807) is 0 Å². The van der Waals surface area contributed by atoms with Crippen molar-refractivity contribution in [3.63, 3.8) is 0 Å². The van der Waals surface area contributed by atoms with Crippen molar-refractivity contribution in [1.29, 1.82) is 0 Å². The Kier molecular flexibility index (Phi) is 6.58. The lowest BCUT2D eigenvalue weighted by molar-refractivity contribution is -0.137. The molecule has 2 atom stereocenters. The predicted molar refractivity (Wildman–Crippen MR) is 118 cm³/mol. The van der Waals surface area contributed by atoms with E-state index in [9.17, 15) is 4.79 Å². The number of amides is 1. The van der Waals surface area contributed by atoms with Crippen molar-refractivity contribution < 1.29 is 14.3 Å². The SMILES string of the molecule is CCN(CC)C(=O)C(c1ccccc1)N1CCCC1c1ccc2c(c1)OCCCO2. The van der Waals surface area contributed by atoms with Crippen LogP contribution in [0.2, 0.25) is 0 Å². The molecule has 1 fully saturated rings. The molecule has 2 aliphatic heterocycles. The summed E-state index contributed by atoms with van der Waals surface area (Å²) < 4.78 is 11.7. The van der Waals surface area contributed by atoms with Gasteiger partial charge in [0.2, 0.25) is 5.91 Å². The van der Waals surface area contributed by atoms with Gasteiger partial charge in [0.15, 0.2) is 11.5 Å². The molecule has 4 rings (SSSR count). The molecule has 0 spiro atoms. The van der Waals surface area contributed by atoms with Gasteiger partial charge in [0, 0.05) is 25.6 Å². The summed E-state index contributed by atoms with van der Waals surface area (Å²) in [5.74, 6) is 1.83. The van der Waals surface area contributed by atoms with Crippen LogP contribution in [0, 0.1) is 0 Å². The normalized spacial score (nSPS) is 19.9. The van der Waals surface area contributed by atoms with Gasteiger partial charge < -0.3 is 14.4 Å². The smallest absolute Gasteiger partial charge is 0.244 e. The third-order valence-electron chi connectivity index (χ3n) is 6.21. The molecule has 2 aromatic carbocycles. The lowest BCUT2D eigenvalue weighted by atomic mass is 9.98. The van der Waals surface area contributed by atoms with Crippen LogP contribution in [-0.2, 0) is 4.79 Å². The van der Waals surface area contributed by atoms with Gasteiger partial charge in [-0.3, -0.25) is 9.69 Å². The number of rotatable bonds is 6. The second-order valence-electron chi connectivity index (χ2n) is 7.98. The standard InChI is InChI=1S/C25H32N2O3/c1-3-26(4-2)25(28)24(19-10-6-5-7-11-19)27-15-8-12-21(27)20-13-14-22-23(18-20)30-17-9-16-29-22/h5-7,10-11,13-14,18,21,24H,3-4,8-9,12,15-17H2,1-2H3. The highest BCUT2D eigenvalue weighted by molar-refractivity contribution is 5.83. The molecular formula is C25H32N2O3. The molecule has 0 aromatic heterocycles. The van der Waals surface area contributed by atoms with Gasteiger partial charge in [0.25, 0.3) is 0 Å². The average Bonchev–Trinajstić information content (AvgIpc) is 3.13. The minimum absolute atomic E-state index is 0.187. The largest absolute Gasteiger partial charge is 0.490 e. The van der Waals surface area contributed by atoms with Crippen LogP contribution in [0.25, 0.3) is 0 Å². The maximum atomic E-state index is 13.6. The van der Waals surface area contributed by atoms with Crippen molar-refractivity contribution >= 4 is 5.91 Å². The number of hydrogen-bond acceptors (Lipinski definition) is 4. The summed E-state index contributed by atoms with van der Waals surface area (Å²) in [5, 5.41) is 0. The van der Waals surface area contributed by atoms with Gasteiger partial charge in [0.05, 0.1) is 13.2 Å². The zero-order valence-electron chi connectivity index (χ0n) is 18.0. The summed E-state index contributed by atoms with van der Waals surface area (Å²) >= 11 is 0. The van der Waals surface area contributed by atoms with E-state index in [2.05, 4.69) is 43.0 Å². The highest BCUT2D eigenvalue weighted by atomic mass is 16.5. The number of likely N-dealkylation sites (N-methyl/N-ethyl adjacent to an activating group) is 1. The molecule has 1 amide bonds. The first kappa shape index (κ1) is 20.7. The van der Waals surface area contributed by atoms with Crippen molar-refractivity contribution in [2.24, 2.45) is 0 Å². The summed E-state index contributed by atoms with van der Waals surface area (Å²) in [5.41, 5.74) is 2.26. The molecule has 0 N–H and O–H groups in total. The van der Waals surface area contributed by atoms with Crippen LogP contribution in [0.1, 0.15) is 56.3 Å². The molecule has 5 heteroatoms. The van der Waals surface area contributed by atoms with Crippen molar-refractivity contribution in [3.05, 3.63) is 59.7 Å². The summed E-state index contributed by atoms with van der Waals surface area (Å²) in [6.07, 6.45) is 3.01. The summed E-state index contributed by atoms with van der Waals surface area (Å²) in [4.78, 5) is 17.9. The topological polar surface area (TPSA) is 42.0 Å². The van der Waals surface area contributed by atoms with Crippen molar-refractivity contribution in [3.8, 4) is 11.5 Å². The molecule has 2 heterocycles. The molecule has 0 aliphatic carbocycles. The summed E-state index contributed by atoms with van der Waals surface area (Å²) in [6.45, 7) is 7.83.